The number of rotatable bonds is 4. The SMILES string of the molecule is Cc1ccnc2c(-c3cccc(-c4cc(-c5cccc6ccccc56)cc5oc(-c6ccccc6O)nc45)c3)cc(C(C)(C)C)cc12. The molecule has 2 aromatic heterocycles. The Kier molecular flexibility index (Phi) is 6.69. The molecule has 47 heavy (non-hydrogen) atoms. The fourth-order valence-electron chi connectivity index (χ4n) is 6.55. The normalized spacial score (nSPS) is 11.9. The van der Waals surface area contributed by atoms with E-state index < -0.39 is 0 Å². The molecule has 1 N–H and O–H groups in total. The summed E-state index contributed by atoms with van der Waals surface area (Å²) < 4.78 is 6.43. The summed E-state index contributed by atoms with van der Waals surface area (Å²) in [5.74, 6) is 0.513. The van der Waals surface area contributed by atoms with Gasteiger partial charge >= 0.3 is 0 Å². The van der Waals surface area contributed by atoms with Gasteiger partial charge in [0, 0.05) is 22.7 Å². The summed E-state index contributed by atoms with van der Waals surface area (Å²) in [4.78, 5) is 9.86. The number of phenolic OH excluding ortho intramolecular Hbond substituents is 1. The van der Waals surface area contributed by atoms with Crippen LogP contribution in [-0.4, -0.2) is 15.1 Å². The van der Waals surface area contributed by atoms with Gasteiger partial charge in [0.25, 0.3) is 0 Å². The van der Waals surface area contributed by atoms with E-state index in [4.69, 9.17) is 14.4 Å². The zero-order chi connectivity index (χ0) is 32.3. The second-order valence-corrected chi connectivity index (χ2v) is 13.3. The topological polar surface area (TPSA) is 59.2 Å². The minimum absolute atomic E-state index is 0.0259. The Morgan fingerprint density at radius 2 is 1.30 bits per heavy atom. The number of benzene rings is 6. The highest BCUT2D eigenvalue weighted by atomic mass is 16.3. The number of phenols is 1. The van der Waals surface area contributed by atoms with Gasteiger partial charge in [-0.15, -0.1) is 0 Å². The molecule has 0 aliphatic heterocycles. The number of hydrogen-bond donors (Lipinski definition) is 1. The van der Waals surface area contributed by atoms with E-state index in [1.54, 1.807) is 12.1 Å². The van der Waals surface area contributed by atoms with Crippen LogP contribution >= 0.6 is 0 Å². The molecule has 0 saturated heterocycles. The van der Waals surface area contributed by atoms with Gasteiger partial charge in [0.05, 0.1) is 11.1 Å². The predicted octanol–water partition coefficient (Wildman–Crippen LogP) is 11.5. The number of oxazole rings is 1. The van der Waals surface area contributed by atoms with Crippen molar-refractivity contribution in [3.05, 3.63) is 139 Å². The van der Waals surface area contributed by atoms with Crippen LogP contribution in [0.15, 0.2) is 132 Å². The van der Waals surface area contributed by atoms with E-state index >= 15 is 0 Å². The zero-order valence-corrected chi connectivity index (χ0v) is 26.9. The molecule has 0 atom stereocenters. The minimum Gasteiger partial charge on any atom is -0.507 e. The maximum atomic E-state index is 10.7. The highest BCUT2D eigenvalue weighted by Gasteiger charge is 2.21. The summed E-state index contributed by atoms with van der Waals surface area (Å²) >= 11 is 0. The van der Waals surface area contributed by atoms with Gasteiger partial charge < -0.3 is 9.52 Å². The summed E-state index contributed by atoms with van der Waals surface area (Å²) in [7, 11) is 0. The van der Waals surface area contributed by atoms with E-state index in [-0.39, 0.29) is 11.2 Å². The molecule has 4 heteroatoms. The molecule has 0 bridgehead atoms. The number of fused-ring (bicyclic) bond motifs is 3. The summed E-state index contributed by atoms with van der Waals surface area (Å²) in [6.45, 7) is 8.91. The van der Waals surface area contributed by atoms with Gasteiger partial charge in [-0.05, 0) is 105 Å². The molecule has 6 aromatic carbocycles. The van der Waals surface area contributed by atoms with Crippen LogP contribution in [0.4, 0.5) is 0 Å². The molecule has 0 spiro atoms. The third-order valence-electron chi connectivity index (χ3n) is 9.14. The fraction of sp³-hybridized carbons (Fsp3) is 0.116. The van der Waals surface area contributed by atoms with E-state index in [9.17, 15) is 5.11 Å². The summed E-state index contributed by atoms with van der Waals surface area (Å²) in [5.41, 5.74) is 11.7. The van der Waals surface area contributed by atoms with Crippen LogP contribution < -0.4 is 0 Å². The van der Waals surface area contributed by atoms with E-state index in [2.05, 4.69) is 125 Å². The fourth-order valence-corrected chi connectivity index (χ4v) is 6.55. The highest BCUT2D eigenvalue weighted by Crippen LogP contribution is 2.41. The van der Waals surface area contributed by atoms with E-state index in [1.165, 1.54) is 27.3 Å². The number of aryl methyl sites for hydroxylation is 1. The van der Waals surface area contributed by atoms with Crippen molar-refractivity contribution in [2.24, 2.45) is 0 Å². The first-order chi connectivity index (χ1) is 22.7. The summed E-state index contributed by atoms with van der Waals surface area (Å²) in [6.07, 6.45) is 1.90. The van der Waals surface area contributed by atoms with Gasteiger partial charge in [-0.25, -0.2) is 4.98 Å². The lowest BCUT2D eigenvalue weighted by atomic mass is 9.83. The number of para-hydroxylation sites is 1. The number of aromatic nitrogens is 2. The molecule has 0 saturated carbocycles. The average Bonchev–Trinajstić information content (AvgIpc) is 3.51. The monoisotopic (exact) mass is 610 g/mol. The molecule has 8 aromatic rings. The molecule has 4 nitrogen and oxygen atoms in total. The van der Waals surface area contributed by atoms with Gasteiger partial charge in [0.15, 0.2) is 5.58 Å². The average molecular weight is 611 g/mol. The minimum atomic E-state index is -0.0259. The van der Waals surface area contributed by atoms with Crippen molar-refractivity contribution in [2.45, 2.75) is 33.1 Å². The third kappa shape index (κ3) is 5.03. The third-order valence-corrected chi connectivity index (χ3v) is 9.14. The first-order valence-electron chi connectivity index (χ1n) is 16.0. The Morgan fingerprint density at radius 3 is 2.11 bits per heavy atom. The Labute approximate surface area is 274 Å². The lowest BCUT2D eigenvalue weighted by Crippen LogP contribution is -2.11. The lowest BCUT2D eigenvalue weighted by Gasteiger charge is -2.22. The number of pyridine rings is 1. The van der Waals surface area contributed by atoms with Crippen LogP contribution in [0, 0.1) is 6.92 Å². The molecule has 0 aliphatic carbocycles. The van der Waals surface area contributed by atoms with Crippen LogP contribution in [0.1, 0.15) is 31.9 Å². The van der Waals surface area contributed by atoms with Crippen molar-refractivity contribution in [1.29, 1.82) is 0 Å². The van der Waals surface area contributed by atoms with Crippen LogP contribution in [0.2, 0.25) is 0 Å². The van der Waals surface area contributed by atoms with Crippen molar-refractivity contribution in [2.75, 3.05) is 0 Å². The van der Waals surface area contributed by atoms with Crippen molar-refractivity contribution >= 4 is 32.8 Å². The van der Waals surface area contributed by atoms with Crippen molar-refractivity contribution in [3.63, 3.8) is 0 Å². The smallest absolute Gasteiger partial charge is 0.231 e. The summed E-state index contributed by atoms with van der Waals surface area (Å²) in [5, 5.41) is 14.2. The molecule has 0 fully saturated rings. The van der Waals surface area contributed by atoms with Crippen LogP contribution in [0.3, 0.4) is 0 Å². The maximum absolute atomic E-state index is 10.7. The van der Waals surface area contributed by atoms with Crippen molar-refractivity contribution in [1.82, 2.24) is 9.97 Å². The van der Waals surface area contributed by atoms with Crippen molar-refractivity contribution in [3.8, 4) is 50.6 Å². The van der Waals surface area contributed by atoms with E-state index in [1.807, 2.05) is 18.3 Å². The molecular formula is C43H34N2O2. The Hall–Kier alpha value is -5.74. The van der Waals surface area contributed by atoms with Crippen LogP contribution in [0.5, 0.6) is 5.75 Å². The summed E-state index contributed by atoms with van der Waals surface area (Å²) in [6, 6.07) is 41.6. The highest BCUT2D eigenvalue weighted by molar-refractivity contribution is 6.03. The quantitative estimate of drug-likeness (QED) is 0.215. The molecule has 0 amide bonds. The largest absolute Gasteiger partial charge is 0.507 e. The Balaban J connectivity index is 1.39. The van der Waals surface area contributed by atoms with Crippen molar-refractivity contribution < 1.29 is 9.52 Å². The lowest BCUT2D eigenvalue weighted by molar-refractivity contribution is 0.474. The van der Waals surface area contributed by atoms with Gasteiger partial charge in [0.1, 0.15) is 11.3 Å². The Bertz CT molecular complexity index is 2480. The molecular weight excluding hydrogens is 576 g/mol. The van der Waals surface area contributed by atoms with E-state index in [0.717, 1.165) is 44.4 Å². The molecule has 2 heterocycles. The molecule has 0 unspecified atom stereocenters. The second kappa shape index (κ2) is 11.0. The standard InChI is InChI=1S/C43H34N2O2/c1-26-19-20-44-40-35(26)24-31(43(2,3)4)25-37(40)29-14-9-13-28(21-29)36-22-30(33-17-10-12-27-11-5-6-15-32(27)33)23-39-41(36)45-42(47-39)34-16-7-8-18-38(34)46/h5-25,46H,1-4H3. The van der Waals surface area contributed by atoms with Crippen LogP contribution in [-0.2, 0) is 5.41 Å². The predicted molar refractivity (Wildman–Crippen MR) is 194 cm³/mol. The molecule has 0 aliphatic rings. The van der Waals surface area contributed by atoms with Gasteiger partial charge in [-0.1, -0.05) is 93.6 Å². The zero-order valence-electron chi connectivity index (χ0n) is 26.9. The first kappa shape index (κ1) is 28.7. The number of hydrogen-bond acceptors (Lipinski definition) is 4. The Morgan fingerprint density at radius 1 is 0.596 bits per heavy atom. The van der Waals surface area contributed by atoms with Gasteiger partial charge in [-0.2, -0.15) is 0 Å². The second-order valence-electron chi connectivity index (χ2n) is 13.3. The van der Waals surface area contributed by atoms with Crippen LogP contribution in [0.25, 0.3) is 77.6 Å². The maximum Gasteiger partial charge on any atom is 0.231 e. The molecule has 228 valence electrons. The molecule has 8 rings (SSSR count). The number of aromatic hydroxyl groups is 1. The molecule has 0 radical (unpaired) electrons. The van der Waals surface area contributed by atoms with E-state index in [0.29, 0.717) is 17.0 Å². The van der Waals surface area contributed by atoms with Gasteiger partial charge in [-0.3, -0.25) is 4.98 Å². The number of nitrogens with zero attached hydrogens (tertiary/aromatic N) is 2. The van der Waals surface area contributed by atoms with Gasteiger partial charge in [0.2, 0.25) is 5.89 Å². The first-order valence-corrected chi connectivity index (χ1v) is 16.0.